The van der Waals surface area contributed by atoms with Gasteiger partial charge in [-0.2, -0.15) is 0 Å². The summed E-state index contributed by atoms with van der Waals surface area (Å²) < 4.78 is 0. The number of hydrogen-bond donors (Lipinski definition) is 0. The van der Waals surface area contributed by atoms with Crippen molar-refractivity contribution in [2.24, 2.45) is 4.99 Å². The fourth-order valence-corrected chi connectivity index (χ4v) is 3.62. The van der Waals surface area contributed by atoms with Gasteiger partial charge in [0.2, 0.25) is 0 Å². The molecular formula is C15H16N2OS. The predicted molar refractivity (Wildman–Crippen MR) is 80.4 cm³/mol. The number of carbonyl (C=O) groups excluding carboxylic acids is 1. The molecule has 98 valence electrons. The van der Waals surface area contributed by atoms with Gasteiger partial charge in [-0.1, -0.05) is 18.7 Å². The molecule has 0 bridgehead atoms. The van der Waals surface area contributed by atoms with Gasteiger partial charge < -0.3 is 0 Å². The van der Waals surface area contributed by atoms with Crippen molar-refractivity contribution in [1.82, 2.24) is 4.98 Å². The zero-order valence-corrected chi connectivity index (χ0v) is 11.5. The number of Topliss-reactive ketones (excluding diaryl/α,β-unsaturated/α-hetero) is 1. The van der Waals surface area contributed by atoms with Crippen LogP contribution in [0, 0.1) is 0 Å². The summed E-state index contributed by atoms with van der Waals surface area (Å²) in [6.07, 6.45) is 6.30. The minimum absolute atomic E-state index is 0.0451. The molecule has 0 saturated carbocycles. The molecule has 1 fully saturated rings. The van der Waals surface area contributed by atoms with Gasteiger partial charge in [-0.05, 0) is 24.9 Å². The highest BCUT2D eigenvalue weighted by atomic mass is 32.2. The van der Waals surface area contributed by atoms with Crippen LogP contribution in [0.3, 0.4) is 0 Å². The number of allylic oxidation sites excluding steroid dienone is 2. The van der Waals surface area contributed by atoms with E-state index in [0.29, 0.717) is 12.8 Å². The van der Waals surface area contributed by atoms with E-state index in [0.717, 1.165) is 11.4 Å². The van der Waals surface area contributed by atoms with Gasteiger partial charge in [0.05, 0.1) is 21.9 Å². The lowest BCUT2D eigenvalue weighted by Crippen LogP contribution is -2.22. The summed E-state index contributed by atoms with van der Waals surface area (Å²) in [6.45, 7) is 7.24. The van der Waals surface area contributed by atoms with Crippen molar-refractivity contribution in [3.63, 3.8) is 0 Å². The Balaban J connectivity index is 2.21. The molecule has 4 heteroatoms. The van der Waals surface area contributed by atoms with Crippen LogP contribution in [0.2, 0.25) is 0 Å². The fourth-order valence-electron chi connectivity index (χ4n) is 2.09. The number of thioether (sulfide) groups is 1. The third-order valence-electron chi connectivity index (χ3n) is 2.97. The van der Waals surface area contributed by atoms with Crippen LogP contribution in [-0.2, 0) is 4.79 Å². The van der Waals surface area contributed by atoms with Gasteiger partial charge in [0.25, 0.3) is 0 Å². The van der Waals surface area contributed by atoms with Gasteiger partial charge >= 0.3 is 0 Å². The van der Waals surface area contributed by atoms with Crippen LogP contribution < -0.4 is 0 Å². The van der Waals surface area contributed by atoms with Crippen LogP contribution in [0.5, 0.6) is 0 Å². The number of nitrogens with zero attached hydrogens (tertiary/aromatic N) is 2. The van der Waals surface area contributed by atoms with Gasteiger partial charge in [0.1, 0.15) is 5.78 Å². The molecule has 0 radical (unpaired) electrons. The second kappa shape index (κ2) is 6.48. The first-order valence-corrected chi connectivity index (χ1v) is 7.06. The van der Waals surface area contributed by atoms with E-state index in [9.17, 15) is 4.79 Å². The molecule has 2 heterocycles. The number of hydrogen-bond acceptors (Lipinski definition) is 4. The van der Waals surface area contributed by atoms with Gasteiger partial charge in [0, 0.05) is 19.0 Å². The Kier molecular flexibility index (Phi) is 4.68. The number of pyridine rings is 1. The standard InChI is InChI=1S/C15H16N2OS/c1-3-6-12(16-2)14-9-11(18)10-15(19-14)13-7-4-5-8-17-13/h3-8,14-15H,1-2,9-10H2/b12-6-. The van der Waals surface area contributed by atoms with E-state index in [-0.39, 0.29) is 16.3 Å². The van der Waals surface area contributed by atoms with Gasteiger partial charge in [-0.25, -0.2) is 0 Å². The van der Waals surface area contributed by atoms with Crippen molar-refractivity contribution in [2.75, 3.05) is 0 Å². The summed E-state index contributed by atoms with van der Waals surface area (Å²) in [7, 11) is 0. The summed E-state index contributed by atoms with van der Waals surface area (Å²) in [6, 6.07) is 5.79. The maximum absolute atomic E-state index is 11.9. The molecule has 0 amide bonds. The SMILES string of the molecule is C=C/C=C(\N=C)C1CC(=O)CC(c2ccccn2)S1. The zero-order chi connectivity index (χ0) is 13.7. The first kappa shape index (κ1) is 13.7. The predicted octanol–water partition coefficient (Wildman–Crippen LogP) is 3.36. The number of aromatic nitrogens is 1. The fraction of sp³-hybridized carbons (Fsp3) is 0.267. The summed E-state index contributed by atoms with van der Waals surface area (Å²) in [5, 5.41) is 0.145. The average molecular weight is 272 g/mol. The first-order valence-electron chi connectivity index (χ1n) is 6.12. The number of ketones is 1. The second-order valence-corrected chi connectivity index (χ2v) is 5.71. The van der Waals surface area contributed by atoms with E-state index in [1.165, 1.54) is 0 Å². The third-order valence-corrected chi connectivity index (χ3v) is 4.45. The lowest BCUT2D eigenvalue weighted by atomic mass is 10.1. The van der Waals surface area contributed by atoms with Crippen LogP contribution in [0.1, 0.15) is 23.8 Å². The van der Waals surface area contributed by atoms with Crippen LogP contribution in [0.25, 0.3) is 0 Å². The van der Waals surface area contributed by atoms with Crippen molar-refractivity contribution in [3.05, 3.63) is 54.5 Å². The molecule has 1 aliphatic heterocycles. The Hall–Kier alpha value is -1.68. The van der Waals surface area contributed by atoms with E-state index in [1.807, 2.05) is 24.3 Å². The van der Waals surface area contributed by atoms with E-state index >= 15 is 0 Å². The molecule has 0 spiro atoms. The van der Waals surface area contributed by atoms with E-state index in [4.69, 9.17) is 0 Å². The normalized spacial score (nSPS) is 24.0. The van der Waals surface area contributed by atoms with Gasteiger partial charge in [0.15, 0.2) is 0 Å². The summed E-state index contributed by atoms with van der Waals surface area (Å²) in [5.41, 5.74) is 1.77. The quantitative estimate of drug-likeness (QED) is 0.623. The molecule has 1 aliphatic rings. The molecule has 3 nitrogen and oxygen atoms in total. The topological polar surface area (TPSA) is 42.3 Å². The zero-order valence-electron chi connectivity index (χ0n) is 10.7. The van der Waals surface area contributed by atoms with Crippen LogP contribution in [-0.4, -0.2) is 22.7 Å². The Morgan fingerprint density at radius 1 is 1.47 bits per heavy atom. The summed E-state index contributed by atoms with van der Waals surface area (Å²) in [4.78, 5) is 20.3. The summed E-state index contributed by atoms with van der Waals surface area (Å²) in [5.74, 6) is 0.248. The Bertz CT molecular complexity index is 510. The molecule has 1 aromatic heterocycles. The van der Waals surface area contributed by atoms with Crippen molar-refractivity contribution >= 4 is 24.3 Å². The van der Waals surface area contributed by atoms with Crippen LogP contribution in [0.15, 0.2) is 53.8 Å². The molecule has 0 aromatic carbocycles. The molecule has 1 aromatic rings. The minimum Gasteiger partial charge on any atom is -0.300 e. The highest BCUT2D eigenvalue weighted by molar-refractivity contribution is 8.00. The van der Waals surface area contributed by atoms with Crippen LogP contribution in [0.4, 0.5) is 0 Å². The molecule has 1 saturated heterocycles. The minimum atomic E-state index is 0.0451. The number of aliphatic imine (C=N–C) groups is 1. The maximum Gasteiger partial charge on any atom is 0.135 e. The summed E-state index contributed by atoms with van der Waals surface area (Å²) >= 11 is 1.73. The van der Waals surface area contributed by atoms with E-state index in [1.54, 1.807) is 24.0 Å². The molecule has 2 rings (SSSR count). The van der Waals surface area contributed by atoms with Crippen LogP contribution >= 0.6 is 11.8 Å². The molecule has 2 unspecified atom stereocenters. The van der Waals surface area contributed by atoms with E-state index in [2.05, 4.69) is 23.3 Å². The molecular weight excluding hydrogens is 256 g/mol. The largest absolute Gasteiger partial charge is 0.300 e. The first-order chi connectivity index (χ1) is 9.24. The maximum atomic E-state index is 11.9. The Morgan fingerprint density at radius 2 is 2.32 bits per heavy atom. The Labute approximate surface area is 117 Å². The van der Waals surface area contributed by atoms with Crippen molar-refractivity contribution in [1.29, 1.82) is 0 Å². The second-order valence-electron chi connectivity index (χ2n) is 4.30. The molecule has 2 atom stereocenters. The van der Waals surface area contributed by atoms with Crippen molar-refractivity contribution < 1.29 is 4.79 Å². The lowest BCUT2D eigenvalue weighted by molar-refractivity contribution is -0.119. The molecule has 19 heavy (non-hydrogen) atoms. The third kappa shape index (κ3) is 3.41. The highest BCUT2D eigenvalue weighted by Crippen LogP contribution is 2.43. The van der Waals surface area contributed by atoms with Gasteiger partial charge in [-0.15, -0.1) is 11.8 Å². The van der Waals surface area contributed by atoms with Crippen molar-refractivity contribution in [3.8, 4) is 0 Å². The van der Waals surface area contributed by atoms with Crippen molar-refractivity contribution in [2.45, 2.75) is 23.3 Å². The monoisotopic (exact) mass is 272 g/mol. The average Bonchev–Trinajstić information content (AvgIpc) is 2.45. The lowest BCUT2D eigenvalue weighted by Gasteiger charge is -2.27. The number of rotatable bonds is 4. The Morgan fingerprint density at radius 3 is 2.95 bits per heavy atom. The molecule has 0 N–H and O–H groups in total. The van der Waals surface area contributed by atoms with E-state index < -0.39 is 0 Å². The molecule has 0 aliphatic carbocycles. The van der Waals surface area contributed by atoms with Gasteiger partial charge in [-0.3, -0.25) is 14.8 Å². The highest BCUT2D eigenvalue weighted by Gasteiger charge is 2.31. The number of carbonyl (C=O) groups is 1. The smallest absolute Gasteiger partial charge is 0.135 e.